The van der Waals surface area contributed by atoms with Crippen molar-refractivity contribution in [1.82, 2.24) is 4.90 Å². The van der Waals surface area contributed by atoms with Gasteiger partial charge in [0.15, 0.2) is 0 Å². The predicted octanol–water partition coefficient (Wildman–Crippen LogP) is 2.81. The van der Waals surface area contributed by atoms with Crippen LogP contribution >= 0.6 is 0 Å². The Labute approximate surface area is 126 Å². The van der Waals surface area contributed by atoms with E-state index in [1.54, 1.807) is 7.11 Å². The van der Waals surface area contributed by atoms with Gasteiger partial charge in [-0.1, -0.05) is 19.1 Å². The van der Waals surface area contributed by atoms with Gasteiger partial charge in [0.2, 0.25) is 0 Å². The maximum atomic E-state index is 11.4. The Morgan fingerprint density at radius 2 is 1.90 bits per heavy atom. The van der Waals surface area contributed by atoms with Crippen LogP contribution in [0.5, 0.6) is 5.75 Å². The van der Waals surface area contributed by atoms with Crippen LogP contribution < -0.4 is 4.74 Å². The number of carboxylic acid groups (broad SMARTS) is 1. The zero-order valence-electron chi connectivity index (χ0n) is 13.0. The molecule has 0 aliphatic carbocycles. The molecule has 0 spiro atoms. The van der Waals surface area contributed by atoms with Gasteiger partial charge in [-0.2, -0.15) is 0 Å². The smallest absolute Gasteiger partial charge is 0.309 e. The van der Waals surface area contributed by atoms with Crippen molar-refractivity contribution in [2.24, 2.45) is 5.41 Å². The summed E-state index contributed by atoms with van der Waals surface area (Å²) in [6.45, 7) is 4.75. The molecule has 0 saturated carbocycles. The van der Waals surface area contributed by atoms with Crippen molar-refractivity contribution in [2.75, 3.05) is 26.7 Å². The van der Waals surface area contributed by atoms with Gasteiger partial charge in [0, 0.05) is 6.54 Å². The van der Waals surface area contributed by atoms with Crippen LogP contribution in [-0.2, 0) is 11.2 Å². The molecule has 1 aliphatic heterocycles. The van der Waals surface area contributed by atoms with E-state index in [-0.39, 0.29) is 0 Å². The molecule has 0 aromatic heterocycles. The lowest BCUT2D eigenvalue weighted by Crippen LogP contribution is -2.44. The minimum atomic E-state index is -0.625. The summed E-state index contributed by atoms with van der Waals surface area (Å²) in [6, 6.07) is 8.16. The van der Waals surface area contributed by atoms with Crippen molar-refractivity contribution in [1.29, 1.82) is 0 Å². The summed E-state index contributed by atoms with van der Waals surface area (Å²) in [6.07, 6.45) is 3.26. The lowest BCUT2D eigenvalue weighted by molar-refractivity contribution is -0.152. The van der Waals surface area contributed by atoms with E-state index in [1.165, 1.54) is 5.56 Å². The fourth-order valence-electron chi connectivity index (χ4n) is 3.00. The van der Waals surface area contributed by atoms with Crippen LogP contribution in [0.2, 0.25) is 0 Å². The summed E-state index contributed by atoms with van der Waals surface area (Å²) >= 11 is 0. The number of aliphatic carboxylic acids is 1. The van der Waals surface area contributed by atoms with Gasteiger partial charge in [0.05, 0.1) is 12.5 Å². The second-order valence-electron chi connectivity index (χ2n) is 5.88. The Morgan fingerprint density at radius 3 is 2.38 bits per heavy atom. The Morgan fingerprint density at radius 1 is 1.29 bits per heavy atom. The predicted molar refractivity (Wildman–Crippen MR) is 82.7 cm³/mol. The van der Waals surface area contributed by atoms with Crippen molar-refractivity contribution in [2.45, 2.75) is 32.6 Å². The van der Waals surface area contributed by atoms with Crippen LogP contribution in [-0.4, -0.2) is 42.7 Å². The first kappa shape index (κ1) is 15.8. The number of carboxylic acids is 1. The van der Waals surface area contributed by atoms with Crippen molar-refractivity contribution in [3.05, 3.63) is 29.8 Å². The highest BCUT2D eigenvalue weighted by Gasteiger charge is 2.39. The summed E-state index contributed by atoms with van der Waals surface area (Å²) in [4.78, 5) is 13.8. The fraction of sp³-hybridized carbons (Fsp3) is 0.588. The topological polar surface area (TPSA) is 49.8 Å². The number of benzene rings is 1. The first-order valence-electron chi connectivity index (χ1n) is 7.68. The monoisotopic (exact) mass is 291 g/mol. The number of rotatable bonds is 6. The van der Waals surface area contributed by atoms with Gasteiger partial charge in [-0.25, -0.2) is 0 Å². The summed E-state index contributed by atoms with van der Waals surface area (Å²) in [7, 11) is 1.67. The molecule has 0 unspecified atom stereocenters. The number of hydrogen-bond acceptors (Lipinski definition) is 3. The number of hydrogen-bond donors (Lipinski definition) is 1. The molecule has 4 nitrogen and oxygen atoms in total. The molecule has 0 radical (unpaired) electrons. The second-order valence-corrected chi connectivity index (χ2v) is 5.88. The molecular formula is C17H25NO3. The summed E-state index contributed by atoms with van der Waals surface area (Å²) in [5.41, 5.74) is 0.803. The molecule has 1 aromatic carbocycles. The second kappa shape index (κ2) is 6.94. The Kier molecular flexibility index (Phi) is 5.23. The van der Waals surface area contributed by atoms with Gasteiger partial charge < -0.3 is 14.7 Å². The number of piperidine rings is 1. The fourth-order valence-corrected chi connectivity index (χ4v) is 3.00. The Balaban J connectivity index is 1.82. The van der Waals surface area contributed by atoms with Crippen molar-refractivity contribution < 1.29 is 14.6 Å². The van der Waals surface area contributed by atoms with E-state index in [1.807, 2.05) is 19.1 Å². The highest BCUT2D eigenvalue weighted by molar-refractivity contribution is 5.74. The van der Waals surface area contributed by atoms with E-state index in [4.69, 9.17) is 4.74 Å². The molecule has 1 aromatic rings. The number of ether oxygens (including phenoxy) is 1. The van der Waals surface area contributed by atoms with E-state index in [0.717, 1.165) is 51.1 Å². The van der Waals surface area contributed by atoms with Gasteiger partial charge in [-0.15, -0.1) is 0 Å². The lowest BCUT2D eigenvalue weighted by atomic mass is 9.76. The van der Waals surface area contributed by atoms with Crippen LogP contribution in [0.25, 0.3) is 0 Å². The highest BCUT2D eigenvalue weighted by atomic mass is 16.5. The minimum absolute atomic E-state index is 0.489. The number of carbonyl (C=O) groups is 1. The van der Waals surface area contributed by atoms with Gasteiger partial charge in [0.1, 0.15) is 5.75 Å². The molecule has 2 rings (SSSR count). The van der Waals surface area contributed by atoms with Crippen molar-refractivity contribution >= 4 is 5.97 Å². The largest absolute Gasteiger partial charge is 0.497 e. The third-order valence-electron chi connectivity index (χ3n) is 4.82. The van der Waals surface area contributed by atoms with E-state index >= 15 is 0 Å². The zero-order valence-corrected chi connectivity index (χ0v) is 13.0. The van der Waals surface area contributed by atoms with Crippen LogP contribution in [0.1, 0.15) is 31.7 Å². The summed E-state index contributed by atoms with van der Waals surface area (Å²) in [5.74, 6) is 0.255. The van der Waals surface area contributed by atoms with Gasteiger partial charge in [0.25, 0.3) is 0 Å². The lowest BCUT2D eigenvalue weighted by Gasteiger charge is -2.38. The SMILES string of the molecule is CCC1(C(=O)O)CCN(CCc2ccc(OC)cc2)CC1. The highest BCUT2D eigenvalue weighted by Crippen LogP contribution is 2.35. The van der Waals surface area contributed by atoms with Crippen molar-refractivity contribution in [3.63, 3.8) is 0 Å². The molecule has 0 bridgehead atoms. The van der Waals surface area contributed by atoms with Crippen LogP contribution in [0.4, 0.5) is 0 Å². The Hall–Kier alpha value is -1.55. The molecule has 4 heteroatoms. The quantitative estimate of drug-likeness (QED) is 0.875. The maximum Gasteiger partial charge on any atom is 0.309 e. The minimum Gasteiger partial charge on any atom is -0.497 e. The first-order chi connectivity index (χ1) is 10.1. The van der Waals surface area contributed by atoms with Crippen LogP contribution in [0.3, 0.4) is 0 Å². The zero-order chi connectivity index (χ0) is 15.3. The maximum absolute atomic E-state index is 11.4. The molecule has 0 amide bonds. The molecule has 1 heterocycles. The molecule has 116 valence electrons. The number of likely N-dealkylation sites (tertiary alicyclic amines) is 1. The molecule has 0 atom stereocenters. The van der Waals surface area contributed by atoms with E-state index in [0.29, 0.717) is 0 Å². The molecule has 21 heavy (non-hydrogen) atoms. The average Bonchev–Trinajstić information content (AvgIpc) is 2.53. The van der Waals surface area contributed by atoms with E-state index < -0.39 is 11.4 Å². The number of nitrogens with zero attached hydrogens (tertiary/aromatic N) is 1. The van der Waals surface area contributed by atoms with E-state index in [9.17, 15) is 9.90 Å². The molecular weight excluding hydrogens is 266 g/mol. The van der Waals surface area contributed by atoms with Crippen LogP contribution in [0.15, 0.2) is 24.3 Å². The average molecular weight is 291 g/mol. The summed E-state index contributed by atoms with van der Waals surface area (Å²) < 4.78 is 5.16. The Bertz CT molecular complexity index is 461. The number of methoxy groups -OCH3 is 1. The third kappa shape index (κ3) is 3.76. The van der Waals surface area contributed by atoms with Gasteiger partial charge in [-0.05, 0) is 56.5 Å². The molecule has 1 N–H and O–H groups in total. The van der Waals surface area contributed by atoms with Crippen molar-refractivity contribution in [3.8, 4) is 5.75 Å². The standard InChI is InChI=1S/C17H25NO3/c1-3-17(16(19)20)9-12-18(13-10-17)11-8-14-4-6-15(21-2)7-5-14/h4-7H,3,8-13H2,1-2H3,(H,19,20). The van der Waals surface area contributed by atoms with Gasteiger partial charge >= 0.3 is 5.97 Å². The van der Waals surface area contributed by atoms with Gasteiger partial charge in [-0.3, -0.25) is 4.79 Å². The van der Waals surface area contributed by atoms with Crippen LogP contribution in [0, 0.1) is 5.41 Å². The van der Waals surface area contributed by atoms with E-state index in [2.05, 4.69) is 17.0 Å². The molecule has 1 aliphatic rings. The third-order valence-corrected chi connectivity index (χ3v) is 4.82. The normalized spacial score (nSPS) is 18.4. The first-order valence-corrected chi connectivity index (χ1v) is 7.68. The molecule has 1 fully saturated rings. The summed E-state index contributed by atoms with van der Waals surface area (Å²) in [5, 5.41) is 9.40. The molecule has 1 saturated heterocycles.